The lowest BCUT2D eigenvalue weighted by atomic mass is 10.1. The average molecular weight is 221 g/mol. The molecule has 1 aliphatic heterocycles. The van der Waals surface area contributed by atoms with Crippen molar-refractivity contribution in [2.24, 2.45) is 0 Å². The Balaban J connectivity index is 2.41. The highest BCUT2D eigenvalue weighted by Crippen LogP contribution is 2.30. The van der Waals surface area contributed by atoms with Gasteiger partial charge in [0.25, 0.3) is 0 Å². The summed E-state index contributed by atoms with van der Waals surface area (Å²) in [6.45, 7) is 3.18. The first-order valence-corrected chi connectivity index (χ1v) is 5.56. The Kier molecular flexibility index (Phi) is 3.25. The fraction of sp³-hybridized carbons (Fsp3) is 0.385. The predicted molar refractivity (Wildman–Crippen MR) is 63.0 cm³/mol. The van der Waals surface area contributed by atoms with Gasteiger partial charge in [-0.3, -0.25) is 0 Å². The van der Waals surface area contributed by atoms with Crippen LogP contribution < -0.4 is 4.90 Å². The van der Waals surface area contributed by atoms with E-state index in [0.717, 1.165) is 13.0 Å². The number of aliphatic hydroxyl groups excluding tert-OH is 1. The fourth-order valence-corrected chi connectivity index (χ4v) is 2.05. The molecule has 1 aliphatic rings. The molecule has 0 aromatic heterocycles. The summed E-state index contributed by atoms with van der Waals surface area (Å²) in [5.41, 5.74) is 1.21. The number of anilines is 1. The van der Waals surface area contributed by atoms with E-state index in [1.807, 2.05) is 11.0 Å². The molecule has 0 saturated heterocycles. The molecule has 0 radical (unpaired) electrons. The Labute approximate surface area is 95.0 Å². The van der Waals surface area contributed by atoms with Crippen molar-refractivity contribution in [1.82, 2.24) is 0 Å². The summed E-state index contributed by atoms with van der Waals surface area (Å²) in [5.74, 6) is -0.256. The largest absolute Gasteiger partial charge is 0.389 e. The minimum Gasteiger partial charge on any atom is -0.389 e. The van der Waals surface area contributed by atoms with Gasteiger partial charge < -0.3 is 10.0 Å². The number of nitrogens with zero attached hydrogens (tertiary/aromatic N) is 1. The van der Waals surface area contributed by atoms with E-state index >= 15 is 0 Å². The van der Waals surface area contributed by atoms with Gasteiger partial charge in [0.2, 0.25) is 0 Å². The van der Waals surface area contributed by atoms with Crippen LogP contribution in [0, 0.1) is 5.82 Å². The molecule has 0 spiro atoms. The third-order valence-electron chi connectivity index (χ3n) is 2.84. The van der Waals surface area contributed by atoms with Crippen molar-refractivity contribution in [1.29, 1.82) is 0 Å². The maximum Gasteiger partial charge on any atom is 0.146 e. The van der Waals surface area contributed by atoms with E-state index in [2.05, 4.69) is 6.08 Å². The van der Waals surface area contributed by atoms with Crippen LogP contribution in [0.2, 0.25) is 0 Å². The van der Waals surface area contributed by atoms with Crippen LogP contribution in [0.15, 0.2) is 30.4 Å². The molecule has 1 aromatic carbocycles. The zero-order chi connectivity index (χ0) is 11.5. The Morgan fingerprint density at radius 3 is 2.81 bits per heavy atom. The third kappa shape index (κ3) is 2.09. The average Bonchev–Trinajstić information content (AvgIpc) is 2.29. The number of para-hydroxylation sites is 1. The third-order valence-corrected chi connectivity index (χ3v) is 2.84. The summed E-state index contributed by atoms with van der Waals surface area (Å²) in [6.07, 6.45) is 4.41. The van der Waals surface area contributed by atoms with E-state index in [9.17, 15) is 9.50 Å². The van der Waals surface area contributed by atoms with Gasteiger partial charge in [-0.1, -0.05) is 24.3 Å². The molecule has 86 valence electrons. The second-order valence-electron chi connectivity index (χ2n) is 4.06. The first-order valence-electron chi connectivity index (χ1n) is 5.56. The number of hydrogen-bond donors (Lipinski definition) is 1. The summed E-state index contributed by atoms with van der Waals surface area (Å²) in [4.78, 5) is 1.97. The van der Waals surface area contributed by atoms with Crippen molar-refractivity contribution in [3.63, 3.8) is 0 Å². The molecule has 0 bridgehead atoms. The van der Waals surface area contributed by atoms with Crippen molar-refractivity contribution in [3.8, 4) is 0 Å². The maximum absolute atomic E-state index is 13.8. The van der Waals surface area contributed by atoms with Crippen molar-refractivity contribution < 1.29 is 9.50 Å². The van der Waals surface area contributed by atoms with Gasteiger partial charge in [0.15, 0.2) is 0 Å². The highest BCUT2D eigenvalue weighted by Gasteiger charge is 2.18. The van der Waals surface area contributed by atoms with Crippen molar-refractivity contribution in [2.75, 3.05) is 18.0 Å². The molecule has 2 rings (SSSR count). The van der Waals surface area contributed by atoms with Crippen molar-refractivity contribution in [2.45, 2.75) is 19.4 Å². The molecule has 1 N–H and O–H groups in total. The van der Waals surface area contributed by atoms with Crippen molar-refractivity contribution in [3.05, 3.63) is 41.7 Å². The van der Waals surface area contributed by atoms with E-state index in [1.54, 1.807) is 19.1 Å². The van der Waals surface area contributed by atoms with Gasteiger partial charge in [0.1, 0.15) is 5.82 Å². The van der Waals surface area contributed by atoms with Crippen LogP contribution in [-0.2, 0) is 0 Å². The summed E-state index contributed by atoms with van der Waals surface area (Å²) in [7, 11) is 0. The van der Waals surface area contributed by atoms with Crippen LogP contribution in [0.5, 0.6) is 0 Å². The van der Waals surface area contributed by atoms with Gasteiger partial charge in [-0.05, 0) is 19.4 Å². The van der Waals surface area contributed by atoms with E-state index in [0.29, 0.717) is 17.8 Å². The normalized spacial score (nSPS) is 17.6. The molecule has 3 heteroatoms. The van der Waals surface area contributed by atoms with Crippen molar-refractivity contribution >= 4 is 5.69 Å². The van der Waals surface area contributed by atoms with E-state index < -0.39 is 6.10 Å². The Hall–Kier alpha value is -1.35. The molecule has 2 nitrogen and oxygen atoms in total. The molecule has 0 amide bonds. The molecule has 1 unspecified atom stereocenters. The van der Waals surface area contributed by atoms with Gasteiger partial charge in [0, 0.05) is 18.7 Å². The number of aliphatic hydroxyl groups is 1. The maximum atomic E-state index is 13.8. The predicted octanol–water partition coefficient (Wildman–Crippen LogP) is 2.65. The fourth-order valence-electron chi connectivity index (χ4n) is 2.05. The number of hydrogen-bond acceptors (Lipinski definition) is 2. The highest BCUT2D eigenvalue weighted by atomic mass is 19.1. The molecule has 0 aliphatic carbocycles. The zero-order valence-corrected chi connectivity index (χ0v) is 9.36. The van der Waals surface area contributed by atoms with Gasteiger partial charge >= 0.3 is 0 Å². The molecule has 16 heavy (non-hydrogen) atoms. The van der Waals surface area contributed by atoms with E-state index in [-0.39, 0.29) is 5.82 Å². The molecule has 0 saturated carbocycles. The Bertz CT molecular complexity index is 401. The summed E-state index contributed by atoms with van der Waals surface area (Å²) in [5, 5.41) is 9.65. The van der Waals surface area contributed by atoms with Crippen LogP contribution in [0.4, 0.5) is 10.1 Å². The van der Waals surface area contributed by atoms with Gasteiger partial charge in [-0.15, -0.1) is 0 Å². The Morgan fingerprint density at radius 1 is 1.38 bits per heavy atom. The lowest BCUT2D eigenvalue weighted by Gasteiger charge is -2.29. The second-order valence-corrected chi connectivity index (χ2v) is 4.06. The van der Waals surface area contributed by atoms with E-state index in [4.69, 9.17) is 0 Å². The molecule has 1 aromatic rings. The number of halogens is 1. The number of benzene rings is 1. The topological polar surface area (TPSA) is 23.5 Å². The highest BCUT2D eigenvalue weighted by molar-refractivity contribution is 5.56. The summed E-state index contributed by atoms with van der Waals surface area (Å²) >= 11 is 0. The molecular formula is C13H16FNO. The van der Waals surface area contributed by atoms with Crippen LogP contribution in [-0.4, -0.2) is 18.2 Å². The lowest BCUT2D eigenvalue weighted by Crippen LogP contribution is -2.29. The van der Waals surface area contributed by atoms with Crippen LogP contribution in [0.3, 0.4) is 0 Å². The smallest absolute Gasteiger partial charge is 0.146 e. The first-order chi connectivity index (χ1) is 7.70. The monoisotopic (exact) mass is 221 g/mol. The molecule has 1 atom stereocenters. The Morgan fingerprint density at radius 2 is 2.19 bits per heavy atom. The molecular weight excluding hydrogens is 205 g/mol. The van der Waals surface area contributed by atoms with E-state index in [1.165, 1.54) is 6.07 Å². The first kappa shape index (κ1) is 11.1. The van der Waals surface area contributed by atoms with Crippen LogP contribution in [0.25, 0.3) is 0 Å². The SMILES string of the molecule is CC(O)c1cccc(F)c1N1CC=CCC1. The van der Waals surface area contributed by atoms with Gasteiger partial charge in [0.05, 0.1) is 11.8 Å². The molecule has 0 fully saturated rings. The van der Waals surface area contributed by atoms with Gasteiger partial charge in [-0.2, -0.15) is 0 Å². The minimum absolute atomic E-state index is 0.256. The minimum atomic E-state index is -0.642. The van der Waals surface area contributed by atoms with Gasteiger partial charge in [-0.25, -0.2) is 4.39 Å². The quantitative estimate of drug-likeness (QED) is 0.776. The summed E-state index contributed by atoms with van der Waals surface area (Å²) in [6, 6.07) is 4.86. The summed E-state index contributed by atoms with van der Waals surface area (Å²) < 4.78 is 13.8. The van der Waals surface area contributed by atoms with Crippen LogP contribution >= 0.6 is 0 Å². The number of rotatable bonds is 2. The standard InChI is InChI=1S/C13H16FNO/c1-10(16)11-6-5-7-12(14)13(11)15-8-3-2-4-9-15/h2-3,5-7,10,16H,4,8-9H2,1H3. The second kappa shape index (κ2) is 4.66. The lowest BCUT2D eigenvalue weighted by molar-refractivity contribution is 0.199. The molecule has 1 heterocycles. The van der Waals surface area contributed by atoms with Crippen LogP contribution in [0.1, 0.15) is 25.0 Å². The zero-order valence-electron chi connectivity index (χ0n) is 9.36.